The molecule has 0 radical (unpaired) electrons. The van der Waals surface area contributed by atoms with E-state index in [9.17, 15) is 24.2 Å². The smallest absolute Gasteiger partial charge is 0.312 e. The number of hydrogen-bond donors (Lipinski definition) is 3. The Morgan fingerprint density at radius 3 is 2.48 bits per heavy atom. The maximum absolute atomic E-state index is 14.8. The highest BCUT2D eigenvalue weighted by molar-refractivity contribution is 5.91. The van der Waals surface area contributed by atoms with E-state index in [2.05, 4.69) is 4.98 Å². The molecule has 1 heterocycles. The predicted octanol–water partition coefficient (Wildman–Crippen LogP) is 3.68. The number of carboxylic acids is 1. The van der Waals surface area contributed by atoms with Crippen LogP contribution in [-0.2, 0) is 4.79 Å². The molecule has 0 fully saturated rings. The quantitative estimate of drug-likeness (QED) is 0.479. The van der Waals surface area contributed by atoms with Gasteiger partial charge in [0.25, 0.3) is 0 Å². The summed E-state index contributed by atoms with van der Waals surface area (Å²) >= 11 is 0. The number of aliphatic carboxylic acids is 1. The van der Waals surface area contributed by atoms with Crippen LogP contribution < -0.4 is 14.9 Å². The predicted molar refractivity (Wildman–Crippen MR) is 114 cm³/mol. The van der Waals surface area contributed by atoms with Gasteiger partial charge >= 0.3 is 5.97 Å². The van der Waals surface area contributed by atoms with Gasteiger partial charge in [0.1, 0.15) is 17.3 Å². The van der Waals surface area contributed by atoms with Crippen molar-refractivity contribution in [2.24, 2.45) is 0 Å². The van der Waals surface area contributed by atoms with Gasteiger partial charge in [-0.3, -0.25) is 9.59 Å². The monoisotopic (exact) mass is 429 g/mol. The van der Waals surface area contributed by atoms with E-state index in [1.54, 1.807) is 24.3 Å². The first-order valence-corrected chi connectivity index (χ1v) is 9.92. The molecule has 0 amide bonds. The maximum Gasteiger partial charge on any atom is 0.312 e. The Morgan fingerprint density at radius 1 is 1.19 bits per heavy atom. The third-order valence-corrected chi connectivity index (χ3v) is 5.00. The number of aliphatic hydroxyl groups is 1. The lowest BCUT2D eigenvalue weighted by molar-refractivity contribution is -0.139. The molecule has 1 aromatic heterocycles. The second-order valence-electron chi connectivity index (χ2n) is 7.02. The van der Waals surface area contributed by atoms with Gasteiger partial charge in [-0.25, -0.2) is 4.39 Å². The summed E-state index contributed by atoms with van der Waals surface area (Å²) in [4.78, 5) is 28.4. The zero-order valence-electron chi connectivity index (χ0n) is 17.3. The molecule has 164 valence electrons. The molecule has 2 aromatic carbocycles. The third-order valence-electron chi connectivity index (χ3n) is 5.00. The molecule has 1 unspecified atom stereocenters. The van der Waals surface area contributed by atoms with E-state index in [1.807, 2.05) is 6.92 Å². The van der Waals surface area contributed by atoms with E-state index in [0.29, 0.717) is 24.3 Å². The molecule has 7 nitrogen and oxygen atoms in total. The minimum atomic E-state index is -1.22. The van der Waals surface area contributed by atoms with E-state index < -0.39 is 29.7 Å². The van der Waals surface area contributed by atoms with Gasteiger partial charge in [0.2, 0.25) is 5.43 Å². The SMILES string of the molecule is CCCOc1ccc(F)c2c(=O)c(-c3ccc(OC)cc3)c(C(CCO)C(=O)O)[nH]c12. The van der Waals surface area contributed by atoms with E-state index in [4.69, 9.17) is 9.47 Å². The van der Waals surface area contributed by atoms with Gasteiger partial charge in [0, 0.05) is 12.3 Å². The molecule has 0 aliphatic rings. The Bertz CT molecular complexity index is 1140. The van der Waals surface area contributed by atoms with Gasteiger partial charge in [-0.15, -0.1) is 0 Å². The van der Waals surface area contributed by atoms with Crippen LogP contribution in [0.25, 0.3) is 22.0 Å². The number of nitrogens with one attached hydrogen (secondary N) is 1. The average Bonchev–Trinajstić information content (AvgIpc) is 2.76. The van der Waals surface area contributed by atoms with Crippen molar-refractivity contribution in [3.05, 3.63) is 58.1 Å². The number of H-pyrrole nitrogens is 1. The topological polar surface area (TPSA) is 109 Å². The minimum Gasteiger partial charge on any atom is -0.497 e. The highest BCUT2D eigenvalue weighted by atomic mass is 19.1. The van der Waals surface area contributed by atoms with Crippen LogP contribution in [0.5, 0.6) is 11.5 Å². The van der Waals surface area contributed by atoms with Gasteiger partial charge in [-0.05, 0) is 42.7 Å². The summed E-state index contributed by atoms with van der Waals surface area (Å²) in [6.07, 6.45) is 0.572. The van der Waals surface area contributed by atoms with Crippen molar-refractivity contribution in [2.45, 2.75) is 25.7 Å². The van der Waals surface area contributed by atoms with Crippen molar-refractivity contribution < 1.29 is 28.9 Å². The Labute approximate surface area is 178 Å². The average molecular weight is 429 g/mol. The first kappa shape index (κ1) is 22.3. The normalized spacial score (nSPS) is 12.0. The third kappa shape index (κ3) is 4.39. The standard InChI is InChI=1S/C23H24FNO6/c1-3-12-31-17-9-8-16(24)19-21(17)25-20(15(10-11-26)23(28)29)18(22(19)27)13-4-6-14(30-2)7-5-13/h4-9,15,26H,3,10-12H2,1-2H3,(H,25,27)(H,28,29). The summed E-state index contributed by atoms with van der Waals surface area (Å²) in [5.74, 6) is -2.36. The molecule has 3 rings (SSSR count). The lowest BCUT2D eigenvalue weighted by atomic mass is 9.91. The lowest BCUT2D eigenvalue weighted by Gasteiger charge is -2.19. The molecule has 0 spiro atoms. The second-order valence-corrected chi connectivity index (χ2v) is 7.02. The van der Waals surface area contributed by atoms with Crippen molar-refractivity contribution >= 4 is 16.9 Å². The number of methoxy groups -OCH3 is 1. The van der Waals surface area contributed by atoms with Crippen LogP contribution in [-0.4, -0.2) is 41.5 Å². The fraction of sp³-hybridized carbons (Fsp3) is 0.304. The molecule has 31 heavy (non-hydrogen) atoms. The number of rotatable bonds is 9. The summed E-state index contributed by atoms with van der Waals surface area (Å²) in [5, 5.41) is 19.0. The van der Waals surface area contributed by atoms with Crippen molar-refractivity contribution in [3.8, 4) is 22.6 Å². The number of aromatic nitrogens is 1. The zero-order chi connectivity index (χ0) is 22.5. The summed E-state index contributed by atoms with van der Waals surface area (Å²) in [5.41, 5.74) is -0.0476. The summed E-state index contributed by atoms with van der Waals surface area (Å²) in [6.45, 7) is 1.85. The molecule has 8 heteroatoms. The van der Waals surface area contributed by atoms with Gasteiger partial charge in [-0.2, -0.15) is 0 Å². The Balaban J connectivity index is 2.39. The number of benzene rings is 2. The van der Waals surface area contributed by atoms with Crippen LogP contribution in [0, 0.1) is 5.82 Å². The summed E-state index contributed by atoms with van der Waals surface area (Å²) < 4.78 is 25.6. The van der Waals surface area contributed by atoms with Crippen LogP contribution >= 0.6 is 0 Å². The van der Waals surface area contributed by atoms with Crippen molar-refractivity contribution in [3.63, 3.8) is 0 Å². The van der Waals surface area contributed by atoms with Crippen molar-refractivity contribution in [1.29, 1.82) is 0 Å². The lowest BCUT2D eigenvalue weighted by Crippen LogP contribution is -2.21. The fourth-order valence-electron chi connectivity index (χ4n) is 3.51. The Morgan fingerprint density at radius 2 is 1.90 bits per heavy atom. The number of carboxylic acid groups (broad SMARTS) is 1. The number of aromatic amines is 1. The molecule has 3 aromatic rings. The molecule has 0 aliphatic heterocycles. The van der Waals surface area contributed by atoms with Gasteiger partial charge in [0.15, 0.2) is 0 Å². The molecule has 0 bridgehead atoms. The second kappa shape index (κ2) is 9.61. The first-order valence-electron chi connectivity index (χ1n) is 9.92. The number of pyridine rings is 1. The fourth-order valence-corrected chi connectivity index (χ4v) is 3.51. The maximum atomic E-state index is 14.8. The molecular weight excluding hydrogens is 405 g/mol. The molecule has 0 aliphatic carbocycles. The van der Waals surface area contributed by atoms with E-state index in [-0.39, 0.29) is 34.3 Å². The number of carbonyl (C=O) groups is 1. The Kier molecular flexibility index (Phi) is 6.91. The first-order chi connectivity index (χ1) is 14.9. The van der Waals surface area contributed by atoms with Gasteiger partial charge < -0.3 is 24.7 Å². The van der Waals surface area contributed by atoms with E-state index in [1.165, 1.54) is 13.2 Å². The van der Waals surface area contributed by atoms with Crippen LogP contribution in [0.3, 0.4) is 0 Å². The van der Waals surface area contributed by atoms with Crippen molar-refractivity contribution in [1.82, 2.24) is 4.98 Å². The molecular formula is C23H24FNO6. The number of halogens is 1. The number of hydrogen-bond acceptors (Lipinski definition) is 5. The molecule has 0 saturated heterocycles. The zero-order valence-corrected chi connectivity index (χ0v) is 17.3. The molecule has 0 saturated carbocycles. The number of fused-ring (bicyclic) bond motifs is 1. The highest BCUT2D eigenvalue weighted by Crippen LogP contribution is 2.34. The minimum absolute atomic E-state index is 0.0301. The molecule has 3 N–H and O–H groups in total. The number of ether oxygens (including phenoxy) is 2. The van der Waals surface area contributed by atoms with Crippen LogP contribution in [0.4, 0.5) is 4.39 Å². The molecule has 1 atom stereocenters. The van der Waals surface area contributed by atoms with E-state index >= 15 is 0 Å². The summed E-state index contributed by atoms with van der Waals surface area (Å²) in [7, 11) is 1.50. The van der Waals surface area contributed by atoms with Crippen LogP contribution in [0.1, 0.15) is 31.4 Å². The summed E-state index contributed by atoms with van der Waals surface area (Å²) in [6, 6.07) is 9.02. The van der Waals surface area contributed by atoms with E-state index in [0.717, 1.165) is 6.07 Å². The van der Waals surface area contributed by atoms with Gasteiger partial charge in [-0.1, -0.05) is 19.1 Å². The van der Waals surface area contributed by atoms with Gasteiger partial charge in [0.05, 0.1) is 36.1 Å². The largest absolute Gasteiger partial charge is 0.497 e. The Hall–Kier alpha value is -3.39. The van der Waals surface area contributed by atoms with Crippen LogP contribution in [0.2, 0.25) is 0 Å². The number of aliphatic hydroxyl groups excluding tert-OH is 1. The highest BCUT2D eigenvalue weighted by Gasteiger charge is 2.28. The van der Waals surface area contributed by atoms with Crippen molar-refractivity contribution in [2.75, 3.05) is 20.3 Å². The van der Waals surface area contributed by atoms with Crippen LogP contribution in [0.15, 0.2) is 41.2 Å².